The highest BCUT2D eigenvalue weighted by Crippen LogP contribution is 2.28. The highest BCUT2D eigenvalue weighted by atomic mass is 127. The first kappa shape index (κ1) is 20.5. The van der Waals surface area contributed by atoms with Gasteiger partial charge in [-0.2, -0.15) is 0 Å². The molecule has 3 atom stereocenters. The van der Waals surface area contributed by atoms with Crippen LogP contribution < -0.4 is 10.6 Å². The van der Waals surface area contributed by atoms with Crippen molar-refractivity contribution >= 4 is 29.9 Å². The molecule has 1 fully saturated rings. The average molecular weight is 460 g/mol. The number of guanidine groups is 1. The van der Waals surface area contributed by atoms with Crippen molar-refractivity contribution in [2.24, 2.45) is 22.7 Å². The third-order valence-electron chi connectivity index (χ3n) is 5.53. The van der Waals surface area contributed by atoms with Gasteiger partial charge < -0.3 is 15.2 Å². The minimum absolute atomic E-state index is 0. The van der Waals surface area contributed by atoms with Crippen molar-refractivity contribution in [1.29, 1.82) is 0 Å². The highest BCUT2D eigenvalue weighted by Gasteiger charge is 2.25. The molecule has 6 nitrogen and oxygen atoms in total. The fourth-order valence-corrected chi connectivity index (χ4v) is 4.39. The molecule has 2 aliphatic rings. The molecule has 2 N–H and O–H groups in total. The molecule has 0 spiro atoms. The van der Waals surface area contributed by atoms with Gasteiger partial charge in [0.15, 0.2) is 5.96 Å². The van der Waals surface area contributed by atoms with Crippen molar-refractivity contribution in [3.63, 3.8) is 0 Å². The zero-order valence-corrected chi connectivity index (χ0v) is 18.3. The summed E-state index contributed by atoms with van der Waals surface area (Å²) in [7, 11) is 1.87. The molecule has 0 amide bonds. The van der Waals surface area contributed by atoms with Gasteiger partial charge in [-0.1, -0.05) is 13.8 Å². The second kappa shape index (κ2) is 9.19. The van der Waals surface area contributed by atoms with Crippen LogP contribution in [0.2, 0.25) is 0 Å². The number of hydrogen-bond donors (Lipinski definition) is 2. The third-order valence-corrected chi connectivity index (χ3v) is 5.53. The van der Waals surface area contributed by atoms with E-state index < -0.39 is 0 Å². The second-order valence-corrected chi connectivity index (χ2v) is 7.89. The van der Waals surface area contributed by atoms with Crippen molar-refractivity contribution in [2.75, 3.05) is 13.6 Å². The molecular formula is C18H33IN6. The van der Waals surface area contributed by atoms with Gasteiger partial charge in [0.05, 0.1) is 0 Å². The Balaban J connectivity index is 0.00000225. The first-order chi connectivity index (χ1) is 11.5. The molecule has 1 aliphatic carbocycles. The Bertz CT molecular complexity index is 574. The number of aryl methyl sites for hydroxylation is 2. The SMILES string of the molecule is CN=C(NCC1CCc2nnc(C)n2C1)NC1CC(C)CC(C)C1.I. The van der Waals surface area contributed by atoms with Crippen molar-refractivity contribution in [3.8, 4) is 0 Å². The molecule has 1 aliphatic heterocycles. The summed E-state index contributed by atoms with van der Waals surface area (Å²) in [6, 6.07) is 0.549. The molecule has 0 saturated heterocycles. The molecule has 7 heteroatoms. The van der Waals surface area contributed by atoms with Crippen LogP contribution in [0, 0.1) is 24.7 Å². The highest BCUT2D eigenvalue weighted by molar-refractivity contribution is 14.0. The number of rotatable bonds is 3. The van der Waals surface area contributed by atoms with Crippen LogP contribution in [-0.2, 0) is 13.0 Å². The minimum Gasteiger partial charge on any atom is -0.356 e. The smallest absolute Gasteiger partial charge is 0.191 e. The molecule has 1 aromatic heterocycles. The Labute approximate surface area is 168 Å². The lowest BCUT2D eigenvalue weighted by Crippen LogP contribution is -2.47. The number of aliphatic imine (C=N–C) groups is 1. The van der Waals surface area contributed by atoms with E-state index in [9.17, 15) is 0 Å². The van der Waals surface area contributed by atoms with Gasteiger partial charge in [-0.25, -0.2) is 0 Å². The Morgan fingerprint density at radius 1 is 1.20 bits per heavy atom. The number of nitrogens with one attached hydrogen (secondary N) is 2. The summed E-state index contributed by atoms with van der Waals surface area (Å²) in [6.45, 7) is 8.73. The summed E-state index contributed by atoms with van der Waals surface area (Å²) < 4.78 is 2.26. The zero-order chi connectivity index (χ0) is 17.1. The molecular weight excluding hydrogens is 427 g/mol. The summed E-state index contributed by atoms with van der Waals surface area (Å²) in [5, 5.41) is 15.6. The van der Waals surface area contributed by atoms with Gasteiger partial charge in [-0.15, -0.1) is 34.2 Å². The molecule has 1 saturated carbocycles. The Morgan fingerprint density at radius 3 is 2.60 bits per heavy atom. The molecule has 0 bridgehead atoms. The Morgan fingerprint density at radius 2 is 1.92 bits per heavy atom. The number of halogens is 1. The number of hydrogen-bond acceptors (Lipinski definition) is 3. The van der Waals surface area contributed by atoms with E-state index in [0.717, 1.165) is 49.0 Å². The summed E-state index contributed by atoms with van der Waals surface area (Å²) >= 11 is 0. The first-order valence-corrected chi connectivity index (χ1v) is 9.41. The molecule has 1 aromatic rings. The topological polar surface area (TPSA) is 67.1 Å². The lowest BCUT2D eigenvalue weighted by molar-refractivity contribution is 0.254. The number of fused-ring (bicyclic) bond motifs is 1. The number of nitrogens with zero attached hydrogens (tertiary/aromatic N) is 4. The standard InChI is InChI=1S/C18H32N6.HI/c1-12-7-13(2)9-16(8-12)21-18(19-4)20-10-15-5-6-17-23-22-14(3)24(17)11-15;/h12-13,15-16H,5-11H2,1-4H3,(H2,19,20,21);1H. The Kier molecular flexibility index (Phi) is 7.51. The maximum Gasteiger partial charge on any atom is 0.191 e. The molecule has 0 radical (unpaired) electrons. The largest absolute Gasteiger partial charge is 0.356 e. The van der Waals surface area contributed by atoms with Gasteiger partial charge in [0.2, 0.25) is 0 Å². The van der Waals surface area contributed by atoms with E-state index in [0.29, 0.717) is 12.0 Å². The van der Waals surface area contributed by atoms with Gasteiger partial charge in [0.1, 0.15) is 11.6 Å². The van der Waals surface area contributed by atoms with Crippen LogP contribution in [0.15, 0.2) is 4.99 Å². The summed E-state index contributed by atoms with van der Waals surface area (Å²) in [5.41, 5.74) is 0. The molecule has 0 aromatic carbocycles. The van der Waals surface area contributed by atoms with Gasteiger partial charge >= 0.3 is 0 Å². The second-order valence-electron chi connectivity index (χ2n) is 7.89. The van der Waals surface area contributed by atoms with Gasteiger partial charge in [0.25, 0.3) is 0 Å². The quantitative estimate of drug-likeness (QED) is 0.414. The third kappa shape index (κ3) is 5.31. The molecule has 3 rings (SSSR count). The lowest BCUT2D eigenvalue weighted by atomic mass is 9.80. The minimum atomic E-state index is 0. The Hall–Kier alpha value is -0.860. The van der Waals surface area contributed by atoms with Crippen LogP contribution in [0.25, 0.3) is 0 Å². The van der Waals surface area contributed by atoms with Crippen LogP contribution in [0.1, 0.15) is 51.2 Å². The van der Waals surface area contributed by atoms with Crippen LogP contribution in [0.3, 0.4) is 0 Å². The van der Waals surface area contributed by atoms with Crippen LogP contribution >= 0.6 is 24.0 Å². The summed E-state index contributed by atoms with van der Waals surface area (Å²) in [4.78, 5) is 4.43. The predicted octanol–water partition coefficient (Wildman–Crippen LogP) is 2.76. The number of aromatic nitrogens is 3. The van der Waals surface area contributed by atoms with E-state index in [2.05, 4.69) is 44.2 Å². The summed E-state index contributed by atoms with van der Waals surface area (Å²) in [6.07, 6.45) is 6.04. The van der Waals surface area contributed by atoms with E-state index >= 15 is 0 Å². The molecule has 3 unspecified atom stereocenters. The van der Waals surface area contributed by atoms with E-state index in [1.807, 2.05) is 14.0 Å². The van der Waals surface area contributed by atoms with E-state index in [4.69, 9.17) is 0 Å². The van der Waals surface area contributed by atoms with Gasteiger partial charge in [-0.3, -0.25) is 4.99 Å². The predicted molar refractivity (Wildman–Crippen MR) is 112 cm³/mol. The fraction of sp³-hybridized carbons (Fsp3) is 0.833. The molecule has 25 heavy (non-hydrogen) atoms. The van der Waals surface area contributed by atoms with E-state index in [1.165, 1.54) is 25.7 Å². The maximum absolute atomic E-state index is 4.43. The zero-order valence-electron chi connectivity index (χ0n) is 16.0. The molecule has 142 valence electrons. The van der Waals surface area contributed by atoms with Crippen molar-refractivity contribution in [3.05, 3.63) is 11.6 Å². The first-order valence-electron chi connectivity index (χ1n) is 9.41. The normalized spacial score (nSPS) is 29.5. The maximum atomic E-state index is 4.43. The van der Waals surface area contributed by atoms with Crippen molar-refractivity contribution < 1.29 is 0 Å². The van der Waals surface area contributed by atoms with Gasteiger partial charge in [0, 0.05) is 32.6 Å². The van der Waals surface area contributed by atoms with Crippen molar-refractivity contribution in [1.82, 2.24) is 25.4 Å². The van der Waals surface area contributed by atoms with Crippen molar-refractivity contribution in [2.45, 2.75) is 65.5 Å². The van der Waals surface area contributed by atoms with E-state index in [1.54, 1.807) is 0 Å². The van der Waals surface area contributed by atoms with E-state index in [-0.39, 0.29) is 24.0 Å². The van der Waals surface area contributed by atoms with Crippen LogP contribution in [0.4, 0.5) is 0 Å². The van der Waals surface area contributed by atoms with Crippen LogP contribution in [0.5, 0.6) is 0 Å². The monoisotopic (exact) mass is 460 g/mol. The lowest BCUT2D eigenvalue weighted by Gasteiger charge is -2.33. The van der Waals surface area contributed by atoms with Crippen LogP contribution in [-0.4, -0.2) is 40.4 Å². The summed E-state index contributed by atoms with van der Waals surface area (Å²) in [5.74, 6) is 5.33. The average Bonchev–Trinajstić information content (AvgIpc) is 2.91. The fourth-order valence-electron chi connectivity index (χ4n) is 4.39. The van der Waals surface area contributed by atoms with Gasteiger partial charge in [-0.05, 0) is 50.4 Å². The molecule has 2 heterocycles.